The van der Waals surface area contributed by atoms with Crippen LogP contribution in [0.4, 0.5) is 0 Å². The first kappa shape index (κ1) is 15.5. The van der Waals surface area contributed by atoms with Crippen LogP contribution in [0.1, 0.15) is 30.1 Å². The summed E-state index contributed by atoms with van der Waals surface area (Å²) in [5.41, 5.74) is 0.792. The maximum Gasteiger partial charge on any atom is 0.176 e. The summed E-state index contributed by atoms with van der Waals surface area (Å²) in [6.07, 6.45) is 3.77. The van der Waals surface area contributed by atoms with Crippen molar-refractivity contribution in [2.24, 2.45) is 5.92 Å². The molecule has 2 rings (SSSR count). The Balaban J connectivity index is 1.85. The Kier molecular flexibility index (Phi) is 5.64. The SMILES string of the molecule is CSc1ccc(C(=O)CN2CCC(C(C)O)CC2)cc1. The molecule has 1 aliphatic rings. The van der Waals surface area contributed by atoms with Crippen LogP contribution in [0.25, 0.3) is 0 Å². The highest BCUT2D eigenvalue weighted by Crippen LogP contribution is 2.21. The Bertz CT molecular complexity index is 436. The van der Waals surface area contributed by atoms with E-state index in [1.165, 1.54) is 4.90 Å². The van der Waals surface area contributed by atoms with Gasteiger partial charge in [-0.25, -0.2) is 0 Å². The van der Waals surface area contributed by atoms with E-state index in [1.807, 2.05) is 37.4 Å². The summed E-state index contributed by atoms with van der Waals surface area (Å²) in [5.74, 6) is 0.579. The van der Waals surface area contributed by atoms with Crippen LogP contribution in [0.2, 0.25) is 0 Å². The van der Waals surface area contributed by atoms with E-state index in [1.54, 1.807) is 11.8 Å². The number of aliphatic hydroxyl groups excluding tert-OH is 1. The molecule has 0 aromatic heterocycles. The molecule has 1 N–H and O–H groups in total. The molecule has 1 heterocycles. The van der Waals surface area contributed by atoms with Crippen molar-refractivity contribution >= 4 is 17.5 Å². The molecular weight excluding hydrogens is 270 g/mol. The molecule has 20 heavy (non-hydrogen) atoms. The summed E-state index contributed by atoms with van der Waals surface area (Å²) in [6, 6.07) is 7.82. The van der Waals surface area contributed by atoms with Gasteiger partial charge in [-0.3, -0.25) is 9.69 Å². The highest BCUT2D eigenvalue weighted by atomic mass is 32.2. The van der Waals surface area contributed by atoms with Gasteiger partial charge in [0.1, 0.15) is 0 Å². The maximum atomic E-state index is 12.2. The van der Waals surface area contributed by atoms with Crippen molar-refractivity contribution in [1.82, 2.24) is 4.90 Å². The number of nitrogens with zero attached hydrogens (tertiary/aromatic N) is 1. The molecular formula is C16H23NO2S. The second-order valence-electron chi connectivity index (χ2n) is 5.51. The zero-order valence-electron chi connectivity index (χ0n) is 12.2. The summed E-state index contributed by atoms with van der Waals surface area (Å²) < 4.78 is 0. The van der Waals surface area contributed by atoms with Gasteiger partial charge in [0.15, 0.2) is 5.78 Å². The van der Waals surface area contributed by atoms with Crippen molar-refractivity contribution in [2.45, 2.75) is 30.8 Å². The van der Waals surface area contributed by atoms with Gasteiger partial charge in [0.25, 0.3) is 0 Å². The monoisotopic (exact) mass is 293 g/mol. The zero-order valence-corrected chi connectivity index (χ0v) is 13.0. The molecule has 0 radical (unpaired) electrons. The summed E-state index contributed by atoms with van der Waals surface area (Å²) in [4.78, 5) is 15.6. The Labute approximate surface area is 125 Å². The Hall–Kier alpha value is -0.840. The van der Waals surface area contributed by atoms with Gasteiger partial charge in [-0.05, 0) is 57.2 Å². The second-order valence-corrected chi connectivity index (χ2v) is 6.39. The fraction of sp³-hybridized carbons (Fsp3) is 0.562. The Morgan fingerprint density at radius 3 is 2.45 bits per heavy atom. The van der Waals surface area contributed by atoms with E-state index in [9.17, 15) is 9.90 Å². The van der Waals surface area contributed by atoms with Gasteiger partial charge >= 0.3 is 0 Å². The summed E-state index contributed by atoms with van der Waals surface area (Å²) in [5, 5.41) is 9.59. The van der Waals surface area contributed by atoms with Gasteiger partial charge in [0.05, 0.1) is 12.6 Å². The fourth-order valence-corrected chi connectivity index (χ4v) is 3.07. The lowest BCUT2D eigenvalue weighted by atomic mass is 9.92. The molecule has 1 saturated heterocycles. The fourth-order valence-electron chi connectivity index (χ4n) is 2.66. The lowest BCUT2D eigenvalue weighted by molar-refractivity contribution is 0.0664. The number of piperidine rings is 1. The van der Waals surface area contributed by atoms with Crippen LogP contribution < -0.4 is 0 Å². The Morgan fingerprint density at radius 2 is 1.95 bits per heavy atom. The summed E-state index contributed by atoms with van der Waals surface area (Å²) in [6.45, 7) is 4.17. The first-order chi connectivity index (χ1) is 9.60. The topological polar surface area (TPSA) is 40.5 Å². The minimum absolute atomic E-state index is 0.188. The first-order valence-electron chi connectivity index (χ1n) is 7.18. The minimum atomic E-state index is -0.230. The highest BCUT2D eigenvalue weighted by Gasteiger charge is 2.23. The minimum Gasteiger partial charge on any atom is -0.393 e. The average molecular weight is 293 g/mol. The van der Waals surface area contributed by atoms with Crippen LogP contribution >= 0.6 is 11.8 Å². The van der Waals surface area contributed by atoms with Crippen molar-refractivity contribution in [3.05, 3.63) is 29.8 Å². The van der Waals surface area contributed by atoms with Crippen molar-refractivity contribution in [3.8, 4) is 0 Å². The van der Waals surface area contributed by atoms with Crippen LogP contribution in [-0.4, -0.2) is 47.8 Å². The van der Waals surface area contributed by atoms with Gasteiger partial charge in [0, 0.05) is 10.5 Å². The number of hydrogen-bond donors (Lipinski definition) is 1. The van der Waals surface area contributed by atoms with E-state index in [0.717, 1.165) is 31.5 Å². The third kappa shape index (κ3) is 4.08. The Morgan fingerprint density at radius 1 is 1.35 bits per heavy atom. The smallest absolute Gasteiger partial charge is 0.176 e. The molecule has 3 nitrogen and oxygen atoms in total. The number of rotatable bonds is 5. The van der Waals surface area contributed by atoms with Gasteiger partial charge in [-0.15, -0.1) is 11.8 Å². The molecule has 1 aliphatic heterocycles. The number of likely N-dealkylation sites (tertiary alicyclic amines) is 1. The van der Waals surface area contributed by atoms with E-state index in [4.69, 9.17) is 0 Å². The van der Waals surface area contributed by atoms with Crippen LogP contribution in [-0.2, 0) is 0 Å². The maximum absolute atomic E-state index is 12.2. The van der Waals surface area contributed by atoms with Gasteiger partial charge < -0.3 is 5.11 Å². The predicted molar refractivity (Wildman–Crippen MR) is 83.4 cm³/mol. The third-order valence-corrected chi connectivity index (χ3v) is 4.84. The van der Waals surface area contributed by atoms with E-state index in [-0.39, 0.29) is 11.9 Å². The summed E-state index contributed by atoms with van der Waals surface area (Å²) in [7, 11) is 0. The lowest BCUT2D eigenvalue weighted by Gasteiger charge is -2.32. The predicted octanol–water partition coefficient (Wildman–Crippen LogP) is 2.68. The highest BCUT2D eigenvalue weighted by molar-refractivity contribution is 7.98. The van der Waals surface area contributed by atoms with Gasteiger partial charge in [-0.1, -0.05) is 12.1 Å². The molecule has 0 aliphatic carbocycles. The number of Topliss-reactive ketones (excluding diaryl/α,β-unsaturated/α-hetero) is 1. The molecule has 1 fully saturated rings. The number of carbonyl (C=O) groups is 1. The summed E-state index contributed by atoms with van der Waals surface area (Å²) >= 11 is 1.68. The van der Waals surface area contributed by atoms with Crippen molar-refractivity contribution in [1.29, 1.82) is 0 Å². The van der Waals surface area contributed by atoms with Crippen molar-refractivity contribution < 1.29 is 9.90 Å². The quantitative estimate of drug-likeness (QED) is 0.669. The van der Waals surface area contributed by atoms with Crippen LogP contribution in [0.15, 0.2) is 29.2 Å². The van der Waals surface area contributed by atoms with Crippen molar-refractivity contribution in [2.75, 3.05) is 25.9 Å². The normalized spacial score (nSPS) is 18.9. The molecule has 0 spiro atoms. The first-order valence-corrected chi connectivity index (χ1v) is 8.40. The van der Waals surface area contributed by atoms with Gasteiger partial charge in [-0.2, -0.15) is 0 Å². The largest absolute Gasteiger partial charge is 0.393 e. The molecule has 1 aromatic rings. The zero-order chi connectivity index (χ0) is 14.5. The average Bonchev–Trinajstić information content (AvgIpc) is 2.48. The molecule has 0 saturated carbocycles. The van der Waals surface area contributed by atoms with E-state index in [0.29, 0.717) is 12.5 Å². The van der Waals surface area contributed by atoms with E-state index >= 15 is 0 Å². The molecule has 1 unspecified atom stereocenters. The van der Waals surface area contributed by atoms with Gasteiger partial charge in [0.2, 0.25) is 0 Å². The molecule has 110 valence electrons. The van der Waals surface area contributed by atoms with E-state index < -0.39 is 0 Å². The van der Waals surface area contributed by atoms with E-state index in [2.05, 4.69) is 4.90 Å². The number of thioether (sulfide) groups is 1. The lowest BCUT2D eigenvalue weighted by Crippen LogP contribution is -2.39. The molecule has 1 atom stereocenters. The number of carbonyl (C=O) groups excluding carboxylic acids is 1. The molecule has 0 bridgehead atoms. The van der Waals surface area contributed by atoms with Crippen LogP contribution in [0.3, 0.4) is 0 Å². The number of ketones is 1. The third-order valence-electron chi connectivity index (χ3n) is 4.09. The van der Waals surface area contributed by atoms with Crippen LogP contribution in [0, 0.1) is 5.92 Å². The number of aliphatic hydroxyl groups is 1. The van der Waals surface area contributed by atoms with Crippen LogP contribution in [0.5, 0.6) is 0 Å². The second kappa shape index (κ2) is 7.25. The number of benzene rings is 1. The molecule has 0 amide bonds. The molecule has 1 aromatic carbocycles. The standard InChI is InChI=1S/C16H23NO2S/c1-12(18)13-7-9-17(10-8-13)11-16(19)14-3-5-15(20-2)6-4-14/h3-6,12-13,18H,7-11H2,1-2H3. The van der Waals surface area contributed by atoms with Crippen molar-refractivity contribution in [3.63, 3.8) is 0 Å². The molecule has 4 heteroatoms. The number of hydrogen-bond acceptors (Lipinski definition) is 4.